The van der Waals surface area contributed by atoms with E-state index in [4.69, 9.17) is 0 Å². The van der Waals surface area contributed by atoms with Crippen LogP contribution in [0.4, 0.5) is 0 Å². The normalized spacial score (nSPS) is 12.5. The highest BCUT2D eigenvalue weighted by atomic mass is 28.2. The third-order valence-electron chi connectivity index (χ3n) is 1.77. The second-order valence-corrected chi connectivity index (χ2v) is 6.62. The van der Waals surface area contributed by atoms with Gasteiger partial charge in [-0.15, -0.1) is 0 Å². The first kappa shape index (κ1) is 11.2. The fraction of sp³-hybridized carbons (Fsp3) is 1.00. The zero-order valence-electron chi connectivity index (χ0n) is 8.70. The Morgan fingerprint density at radius 2 is 1.82 bits per heavy atom. The maximum absolute atomic E-state index is 2.40. The molecule has 0 unspecified atom stereocenters. The quantitative estimate of drug-likeness (QED) is 0.551. The second-order valence-electron chi connectivity index (χ2n) is 4.41. The van der Waals surface area contributed by atoms with Crippen LogP contribution in [-0.2, 0) is 0 Å². The SMILES string of the molecule is CCC[Si]C(C)(C)CC(C)C. The highest BCUT2D eigenvalue weighted by Gasteiger charge is 2.18. The Morgan fingerprint density at radius 3 is 2.18 bits per heavy atom. The van der Waals surface area contributed by atoms with Gasteiger partial charge in [-0.25, -0.2) is 0 Å². The minimum Gasteiger partial charge on any atom is -0.0657 e. The van der Waals surface area contributed by atoms with E-state index in [1.807, 2.05) is 0 Å². The third kappa shape index (κ3) is 6.61. The van der Waals surface area contributed by atoms with Crippen molar-refractivity contribution in [2.45, 2.75) is 58.5 Å². The maximum Gasteiger partial charge on any atom is 0.0448 e. The lowest BCUT2D eigenvalue weighted by Gasteiger charge is -2.25. The summed E-state index contributed by atoms with van der Waals surface area (Å²) in [6.07, 6.45) is 2.73. The molecule has 0 heterocycles. The fourth-order valence-corrected chi connectivity index (χ4v) is 3.04. The van der Waals surface area contributed by atoms with Crippen LogP contribution >= 0.6 is 0 Å². The third-order valence-corrected chi connectivity index (χ3v) is 3.68. The van der Waals surface area contributed by atoms with Crippen LogP contribution < -0.4 is 0 Å². The van der Waals surface area contributed by atoms with Crippen molar-refractivity contribution in [2.24, 2.45) is 5.92 Å². The van der Waals surface area contributed by atoms with Crippen LogP contribution in [-0.4, -0.2) is 9.52 Å². The van der Waals surface area contributed by atoms with Crippen molar-refractivity contribution < 1.29 is 0 Å². The van der Waals surface area contributed by atoms with Gasteiger partial charge in [-0.1, -0.05) is 47.1 Å². The van der Waals surface area contributed by atoms with Gasteiger partial charge >= 0.3 is 0 Å². The monoisotopic (exact) mass is 170 g/mol. The molecule has 0 rings (SSSR count). The van der Waals surface area contributed by atoms with Crippen molar-refractivity contribution in [3.05, 3.63) is 0 Å². The molecular weight excluding hydrogens is 148 g/mol. The summed E-state index contributed by atoms with van der Waals surface area (Å²) in [6.45, 7) is 11.7. The van der Waals surface area contributed by atoms with Gasteiger partial charge in [0, 0.05) is 9.52 Å². The van der Waals surface area contributed by atoms with Gasteiger partial charge in [-0.2, -0.15) is 0 Å². The van der Waals surface area contributed by atoms with Gasteiger partial charge in [0.1, 0.15) is 0 Å². The smallest absolute Gasteiger partial charge is 0.0448 e. The predicted octanol–water partition coefficient (Wildman–Crippen LogP) is 3.76. The van der Waals surface area contributed by atoms with E-state index in [0.29, 0.717) is 5.04 Å². The number of hydrogen-bond acceptors (Lipinski definition) is 0. The lowest BCUT2D eigenvalue weighted by molar-refractivity contribution is 0.480. The Kier molecular flexibility index (Phi) is 5.07. The Labute approximate surface area is 74.6 Å². The van der Waals surface area contributed by atoms with Gasteiger partial charge in [-0.3, -0.25) is 0 Å². The molecule has 0 aliphatic heterocycles. The van der Waals surface area contributed by atoms with E-state index in [1.54, 1.807) is 0 Å². The van der Waals surface area contributed by atoms with Crippen LogP contribution in [0, 0.1) is 5.92 Å². The molecule has 0 aromatic carbocycles. The Balaban J connectivity index is 3.61. The largest absolute Gasteiger partial charge is 0.0657 e. The van der Waals surface area contributed by atoms with Crippen LogP contribution in [0.15, 0.2) is 0 Å². The van der Waals surface area contributed by atoms with Crippen molar-refractivity contribution in [3.63, 3.8) is 0 Å². The molecule has 0 spiro atoms. The summed E-state index contributed by atoms with van der Waals surface area (Å²) in [4.78, 5) is 0. The molecule has 0 aromatic rings. The molecule has 0 nitrogen and oxygen atoms in total. The summed E-state index contributed by atoms with van der Waals surface area (Å²) >= 11 is 0. The first-order valence-electron chi connectivity index (χ1n) is 4.73. The highest BCUT2D eigenvalue weighted by molar-refractivity contribution is 6.39. The van der Waals surface area contributed by atoms with Gasteiger partial charge in [-0.05, 0) is 17.4 Å². The van der Waals surface area contributed by atoms with E-state index in [0.717, 1.165) is 15.4 Å². The van der Waals surface area contributed by atoms with E-state index < -0.39 is 0 Å². The van der Waals surface area contributed by atoms with E-state index >= 15 is 0 Å². The van der Waals surface area contributed by atoms with Crippen LogP contribution in [0.3, 0.4) is 0 Å². The summed E-state index contributed by atoms with van der Waals surface area (Å²) < 4.78 is 0. The minimum atomic E-state index is 0.601. The fourth-order valence-electron chi connectivity index (χ4n) is 1.56. The molecule has 66 valence electrons. The molecular formula is C10H22Si. The molecule has 0 saturated carbocycles. The van der Waals surface area contributed by atoms with Crippen LogP contribution in [0.25, 0.3) is 0 Å². The number of hydrogen-bond donors (Lipinski definition) is 0. The van der Waals surface area contributed by atoms with Crippen molar-refractivity contribution in [1.29, 1.82) is 0 Å². The zero-order chi connectivity index (χ0) is 8.91. The van der Waals surface area contributed by atoms with Gasteiger partial charge in [0.25, 0.3) is 0 Å². The summed E-state index contributed by atoms with van der Waals surface area (Å²) in [7, 11) is 1.15. The summed E-state index contributed by atoms with van der Waals surface area (Å²) in [5.41, 5.74) is 0. The van der Waals surface area contributed by atoms with Gasteiger partial charge in [0.05, 0.1) is 0 Å². The molecule has 0 saturated heterocycles. The molecule has 0 aromatic heterocycles. The molecule has 1 heteroatoms. The maximum atomic E-state index is 2.40. The summed E-state index contributed by atoms with van der Waals surface area (Å²) in [5, 5.41) is 0.601. The molecule has 0 amide bonds. The minimum absolute atomic E-state index is 0.601. The van der Waals surface area contributed by atoms with Crippen molar-refractivity contribution >= 4 is 9.52 Å². The van der Waals surface area contributed by atoms with Crippen molar-refractivity contribution in [1.82, 2.24) is 0 Å². The van der Waals surface area contributed by atoms with E-state index in [9.17, 15) is 0 Å². The first-order valence-corrected chi connectivity index (χ1v) is 5.93. The average Bonchev–Trinajstić information content (AvgIpc) is 1.81. The molecule has 0 fully saturated rings. The van der Waals surface area contributed by atoms with Crippen molar-refractivity contribution in [2.75, 3.05) is 0 Å². The first-order chi connectivity index (χ1) is 4.98. The molecule has 0 atom stereocenters. The molecule has 0 aliphatic carbocycles. The van der Waals surface area contributed by atoms with Crippen LogP contribution in [0.2, 0.25) is 11.1 Å². The highest BCUT2D eigenvalue weighted by Crippen LogP contribution is 2.32. The van der Waals surface area contributed by atoms with Gasteiger partial charge in [0.15, 0.2) is 0 Å². The van der Waals surface area contributed by atoms with Crippen LogP contribution in [0.1, 0.15) is 47.5 Å². The molecule has 0 bridgehead atoms. The predicted molar refractivity (Wildman–Crippen MR) is 54.3 cm³/mol. The molecule has 0 N–H and O–H groups in total. The number of rotatable bonds is 5. The lowest BCUT2D eigenvalue weighted by atomic mass is 10.00. The van der Waals surface area contributed by atoms with E-state index in [-0.39, 0.29) is 0 Å². The second kappa shape index (κ2) is 4.97. The summed E-state index contributed by atoms with van der Waals surface area (Å²) in [5.74, 6) is 0.856. The molecule has 2 radical (unpaired) electrons. The lowest BCUT2D eigenvalue weighted by Crippen LogP contribution is -2.14. The average molecular weight is 170 g/mol. The van der Waals surface area contributed by atoms with E-state index in [2.05, 4.69) is 34.6 Å². The Hall–Kier alpha value is 0.217. The Bertz CT molecular complexity index is 95.0. The van der Waals surface area contributed by atoms with Crippen molar-refractivity contribution in [3.8, 4) is 0 Å². The summed E-state index contributed by atoms with van der Waals surface area (Å²) in [6, 6.07) is 1.42. The molecule has 0 aliphatic rings. The standard InChI is InChI=1S/C10H22Si/c1-6-7-11-10(4,5)8-9(2)3/h9H,6-8H2,1-5H3. The van der Waals surface area contributed by atoms with Gasteiger partial charge in [0.2, 0.25) is 0 Å². The zero-order valence-corrected chi connectivity index (χ0v) is 9.70. The topological polar surface area (TPSA) is 0 Å². The van der Waals surface area contributed by atoms with E-state index in [1.165, 1.54) is 18.9 Å². The van der Waals surface area contributed by atoms with Gasteiger partial charge < -0.3 is 0 Å². The van der Waals surface area contributed by atoms with Crippen LogP contribution in [0.5, 0.6) is 0 Å². The Morgan fingerprint density at radius 1 is 1.27 bits per heavy atom. The molecule has 11 heavy (non-hydrogen) atoms.